The maximum atomic E-state index is 13.4. The van der Waals surface area contributed by atoms with E-state index >= 15 is 0 Å². The van der Waals surface area contributed by atoms with E-state index in [4.69, 9.17) is 9.15 Å². The lowest BCUT2D eigenvalue weighted by Gasteiger charge is -2.24. The first-order valence-electron chi connectivity index (χ1n) is 9.80. The molecule has 0 amide bonds. The number of sulfonamides is 1. The monoisotopic (exact) mass is 431 g/mol. The van der Waals surface area contributed by atoms with Crippen molar-refractivity contribution in [3.8, 4) is 0 Å². The molecular formula is C22H22FNO5S. The highest BCUT2D eigenvalue weighted by Crippen LogP contribution is 2.37. The third-order valence-electron chi connectivity index (χ3n) is 5.43. The number of rotatable bonds is 5. The van der Waals surface area contributed by atoms with E-state index in [1.165, 1.54) is 28.6 Å². The van der Waals surface area contributed by atoms with Crippen LogP contribution in [0.4, 0.5) is 4.39 Å². The third-order valence-corrected chi connectivity index (χ3v) is 7.34. The van der Waals surface area contributed by atoms with E-state index in [1.807, 2.05) is 0 Å². The zero-order valence-corrected chi connectivity index (χ0v) is 17.5. The normalized spacial score (nSPS) is 17.5. The summed E-state index contributed by atoms with van der Waals surface area (Å²) in [6.07, 6.45) is 1.39. The standard InChI is InChI=1S/C22H22FNO5S/c1-3-28-22(25)21-14(2)18-13-17(10-11-20(18)29-21)30(26,27)24-12-4-5-19(24)15-6-8-16(23)9-7-15/h6-11,13,19H,3-5,12H2,1-2H3/t19-/m1/s1. The highest BCUT2D eigenvalue weighted by molar-refractivity contribution is 7.89. The summed E-state index contributed by atoms with van der Waals surface area (Å²) in [4.78, 5) is 12.2. The van der Waals surface area contributed by atoms with Gasteiger partial charge in [-0.05, 0) is 62.6 Å². The fourth-order valence-corrected chi connectivity index (χ4v) is 5.64. The molecule has 0 aliphatic carbocycles. The van der Waals surface area contributed by atoms with Crippen molar-refractivity contribution < 1.29 is 26.8 Å². The maximum Gasteiger partial charge on any atom is 0.374 e. The quantitative estimate of drug-likeness (QED) is 0.553. The molecule has 0 unspecified atom stereocenters. The van der Waals surface area contributed by atoms with Gasteiger partial charge in [-0.2, -0.15) is 4.31 Å². The Balaban J connectivity index is 1.72. The van der Waals surface area contributed by atoms with Crippen LogP contribution < -0.4 is 0 Å². The van der Waals surface area contributed by atoms with Crippen LogP contribution >= 0.6 is 0 Å². The van der Waals surface area contributed by atoms with Gasteiger partial charge in [-0.25, -0.2) is 17.6 Å². The van der Waals surface area contributed by atoms with Crippen molar-refractivity contribution in [3.05, 3.63) is 65.2 Å². The molecule has 0 bridgehead atoms. The van der Waals surface area contributed by atoms with Crippen LogP contribution in [0.1, 0.15) is 47.5 Å². The maximum absolute atomic E-state index is 13.4. The number of hydrogen-bond acceptors (Lipinski definition) is 5. The molecule has 0 saturated carbocycles. The fraction of sp³-hybridized carbons (Fsp3) is 0.318. The van der Waals surface area contributed by atoms with Gasteiger partial charge in [0.15, 0.2) is 0 Å². The van der Waals surface area contributed by atoms with Crippen molar-refractivity contribution in [2.24, 2.45) is 0 Å². The summed E-state index contributed by atoms with van der Waals surface area (Å²) in [7, 11) is -3.79. The topological polar surface area (TPSA) is 76.8 Å². The lowest BCUT2D eigenvalue weighted by atomic mass is 10.1. The number of nitrogens with zero attached hydrogens (tertiary/aromatic N) is 1. The molecule has 4 rings (SSSR count). The van der Waals surface area contributed by atoms with Crippen LogP contribution in [-0.2, 0) is 14.8 Å². The predicted octanol–water partition coefficient (Wildman–Crippen LogP) is 4.58. The van der Waals surface area contributed by atoms with Crippen molar-refractivity contribution >= 4 is 27.0 Å². The van der Waals surface area contributed by atoms with Crippen molar-refractivity contribution in [2.75, 3.05) is 13.2 Å². The van der Waals surface area contributed by atoms with Gasteiger partial charge < -0.3 is 9.15 Å². The summed E-state index contributed by atoms with van der Waals surface area (Å²) in [6.45, 7) is 4.01. The number of carbonyl (C=O) groups excluding carboxylic acids is 1. The molecular weight excluding hydrogens is 409 g/mol. The number of esters is 1. The van der Waals surface area contributed by atoms with Gasteiger partial charge in [0, 0.05) is 17.5 Å². The minimum absolute atomic E-state index is 0.0757. The number of halogens is 1. The Hall–Kier alpha value is -2.71. The first-order chi connectivity index (χ1) is 14.3. The molecule has 8 heteroatoms. The molecule has 3 aromatic rings. The lowest BCUT2D eigenvalue weighted by Crippen LogP contribution is -2.30. The van der Waals surface area contributed by atoms with Gasteiger partial charge in [-0.1, -0.05) is 12.1 Å². The first kappa shape index (κ1) is 20.6. The summed E-state index contributed by atoms with van der Waals surface area (Å²) >= 11 is 0. The smallest absolute Gasteiger partial charge is 0.374 e. The second kappa shape index (κ2) is 7.85. The summed E-state index contributed by atoms with van der Waals surface area (Å²) < 4.78 is 52.2. The van der Waals surface area contributed by atoms with Gasteiger partial charge >= 0.3 is 5.97 Å². The number of furan rings is 1. The minimum atomic E-state index is -3.79. The van der Waals surface area contributed by atoms with Crippen LogP contribution in [0, 0.1) is 12.7 Å². The van der Waals surface area contributed by atoms with E-state index < -0.39 is 16.0 Å². The highest BCUT2D eigenvalue weighted by Gasteiger charge is 2.36. The van der Waals surface area contributed by atoms with E-state index in [0.29, 0.717) is 29.5 Å². The van der Waals surface area contributed by atoms with Crippen LogP contribution in [-0.4, -0.2) is 31.8 Å². The molecule has 1 atom stereocenters. The Labute approximate surface area is 174 Å². The lowest BCUT2D eigenvalue weighted by molar-refractivity contribution is 0.0491. The molecule has 1 fully saturated rings. The molecule has 2 heterocycles. The molecule has 6 nitrogen and oxygen atoms in total. The van der Waals surface area contributed by atoms with Crippen LogP contribution in [0.2, 0.25) is 0 Å². The Kier molecular flexibility index (Phi) is 5.38. The minimum Gasteiger partial charge on any atom is -0.460 e. The van der Waals surface area contributed by atoms with Gasteiger partial charge in [0.1, 0.15) is 11.4 Å². The molecule has 0 N–H and O–H groups in total. The SMILES string of the molecule is CCOC(=O)c1oc2ccc(S(=O)(=O)N3CCC[C@@H]3c3ccc(F)cc3)cc2c1C. The number of benzene rings is 2. The van der Waals surface area contributed by atoms with Crippen LogP contribution in [0.25, 0.3) is 11.0 Å². The number of fused-ring (bicyclic) bond motifs is 1. The molecule has 30 heavy (non-hydrogen) atoms. The highest BCUT2D eigenvalue weighted by atomic mass is 32.2. The van der Waals surface area contributed by atoms with E-state index in [9.17, 15) is 17.6 Å². The van der Waals surface area contributed by atoms with Crippen LogP contribution in [0.15, 0.2) is 51.8 Å². The molecule has 158 valence electrons. The molecule has 0 spiro atoms. The molecule has 2 aromatic carbocycles. The number of hydrogen-bond donors (Lipinski definition) is 0. The number of aryl methyl sites for hydroxylation is 1. The van der Waals surface area contributed by atoms with E-state index in [0.717, 1.165) is 12.0 Å². The third kappa shape index (κ3) is 3.50. The van der Waals surface area contributed by atoms with Crippen LogP contribution in [0.3, 0.4) is 0 Å². The summed E-state index contributed by atoms with van der Waals surface area (Å²) in [5.74, 6) is -0.859. The van der Waals surface area contributed by atoms with E-state index in [1.54, 1.807) is 32.0 Å². The Morgan fingerprint density at radius 1 is 1.23 bits per heavy atom. The largest absolute Gasteiger partial charge is 0.460 e. The number of carbonyl (C=O) groups is 1. The fourth-order valence-electron chi connectivity index (χ4n) is 3.93. The van der Waals surface area contributed by atoms with Crippen molar-refractivity contribution in [3.63, 3.8) is 0 Å². The average Bonchev–Trinajstić information content (AvgIpc) is 3.34. The Morgan fingerprint density at radius 2 is 1.97 bits per heavy atom. The zero-order chi connectivity index (χ0) is 21.5. The van der Waals surface area contributed by atoms with Gasteiger partial charge in [0.25, 0.3) is 0 Å². The second-order valence-electron chi connectivity index (χ2n) is 7.26. The zero-order valence-electron chi connectivity index (χ0n) is 16.7. The summed E-state index contributed by atoms with van der Waals surface area (Å²) in [5, 5.41) is 0.552. The van der Waals surface area contributed by atoms with Crippen LogP contribution in [0.5, 0.6) is 0 Å². The van der Waals surface area contributed by atoms with Crippen molar-refractivity contribution in [2.45, 2.75) is 37.6 Å². The Bertz CT molecular complexity index is 1200. The van der Waals surface area contributed by atoms with Gasteiger partial charge in [0.05, 0.1) is 17.5 Å². The molecule has 1 saturated heterocycles. The molecule has 1 aromatic heterocycles. The molecule has 0 radical (unpaired) electrons. The first-order valence-corrected chi connectivity index (χ1v) is 11.2. The van der Waals surface area contributed by atoms with Crippen molar-refractivity contribution in [1.29, 1.82) is 0 Å². The van der Waals surface area contributed by atoms with Gasteiger partial charge in [-0.15, -0.1) is 0 Å². The second-order valence-corrected chi connectivity index (χ2v) is 9.15. The summed E-state index contributed by atoms with van der Waals surface area (Å²) in [5.41, 5.74) is 1.73. The summed E-state index contributed by atoms with van der Waals surface area (Å²) in [6, 6.07) is 10.2. The molecule has 1 aliphatic rings. The van der Waals surface area contributed by atoms with Gasteiger partial charge in [0.2, 0.25) is 15.8 Å². The van der Waals surface area contributed by atoms with E-state index in [2.05, 4.69) is 0 Å². The average molecular weight is 431 g/mol. The number of ether oxygens (including phenoxy) is 1. The predicted molar refractivity (Wildman–Crippen MR) is 109 cm³/mol. The molecule has 1 aliphatic heterocycles. The Morgan fingerprint density at radius 3 is 2.67 bits per heavy atom. The van der Waals surface area contributed by atoms with Crippen molar-refractivity contribution in [1.82, 2.24) is 4.31 Å². The van der Waals surface area contributed by atoms with Gasteiger partial charge in [-0.3, -0.25) is 0 Å². The van der Waals surface area contributed by atoms with E-state index in [-0.39, 0.29) is 29.1 Å².